The van der Waals surface area contributed by atoms with Crippen molar-refractivity contribution in [1.82, 2.24) is 20.0 Å². The van der Waals surface area contributed by atoms with Gasteiger partial charge in [-0.05, 0) is 26.3 Å². The van der Waals surface area contributed by atoms with Gasteiger partial charge in [0.15, 0.2) is 0 Å². The van der Waals surface area contributed by atoms with E-state index in [0.29, 0.717) is 0 Å². The molecule has 5 nitrogen and oxygen atoms in total. The Hall–Kier alpha value is -0.720. The van der Waals surface area contributed by atoms with Crippen molar-refractivity contribution < 1.29 is 0 Å². The molecule has 0 aromatic carbocycles. The number of hydrogen-bond donors (Lipinski definition) is 1. The van der Waals surface area contributed by atoms with Crippen LogP contribution in [0.25, 0.3) is 0 Å². The molecular weight excluding hydrogens is 246 g/mol. The summed E-state index contributed by atoms with van der Waals surface area (Å²) >= 11 is 1.69. The first kappa shape index (κ1) is 12.3. The lowest BCUT2D eigenvalue weighted by Gasteiger charge is -2.36. The average Bonchev–Trinajstić information content (AvgIpc) is 2.98. The molecule has 1 aromatic rings. The third-order valence-corrected chi connectivity index (χ3v) is 4.69. The van der Waals surface area contributed by atoms with Gasteiger partial charge in [0.2, 0.25) is 5.13 Å². The van der Waals surface area contributed by atoms with Crippen molar-refractivity contribution in [3.8, 4) is 0 Å². The van der Waals surface area contributed by atoms with Crippen molar-refractivity contribution in [2.75, 3.05) is 38.0 Å². The largest absolute Gasteiger partial charge is 0.360 e. The highest BCUT2D eigenvalue weighted by molar-refractivity contribution is 7.15. The predicted molar refractivity (Wildman–Crippen MR) is 73.9 cm³/mol. The minimum absolute atomic E-state index is 0.792. The highest BCUT2D eigenvalue weighted by Gasteiger charge is 2.30. The van der Waals surface area contributed by atoms with Gasteiger partial charge in [0.1, 0.15) is 5.01 Å². The molecule has 2 fully saturated rings. The quantitative estimate of drug-likeness (QED) is 0.889. The fourth-order valence-electron chi connectivity index (χ4n) is 2.93. The SMILES string of the molecule is CCNc1nnc(CN2CCN3CCCC3C2)s1. The van der Waals surface area contributed by atoms with Gasteiger partial charge in [0.05, 0.1) is 6.54 Å². The summed E-state index contributed by atoms with van der Waals surface area (Å²) in [5.74, 6) is 0. The van der Waals surface area contributed by atoms with Gasteiger partial charge < -0.3 is 5.32 Å². The van der Waals surface area contributed by atoms with E-state index < -0.39 is 0 Å². The summed E-state index contributed by atoms with van der Waals surface area (Å²) in [5, 5.41) is 13.7. The number of anilines is 1. The van der Waals surface area contributed by atoms with Gasteiger partial charge in [0, 0.05) is 32.2 Å². The third kappa shape index (κ3) is 2.65. The molecule has 3 heterocycles. The second-order valence-electron chi connectivity index (χ2n) is 5.10. The molecule has 0 radical (unpaired) electrons. The average molecular weight is 267 g/mol. The van der Waals surface area contributed by atoms with E-state index in [9.17, 15) is 0 Å². The van der Waals surface area contributed by atoms with Crippen LogP contribution in [0.3, 0.4) is 0 Å². The zero-order valence-corrected chi connectivity index (χ0v) is 11.7. The van der Waals surface area contributed by atoms with E-state index in [-0.39, 0.29) is 0 Å². The molecule has 1 N–H and O–H groups in total. The Balaban J connectivity index is 1.55. The van der Waals surface area contributed by atoms with Gasteiger partial charge in [-0.15, -0.1) is 10.2 Å². The van der Waals surface area contributed by atoms with E-state index in [1.165, 1.54) is 39.0 Å². The smallest absolute Gasteiger partial charge is 0.205 e. The van der Waals surface area contributed by atoms with Crippen LogP contribution in [0.4, 0.5) is 5.13 Å². The predicted octanol–water partition coefficient (Wildman–Crippen LogP) is 1.25. The van der Waals surface area contributed by atoms with Crippen LogP contribution in [0.15, 0.2) is 0 Å². The topological polar surface area (TPSA) is 44.3 Å². The van der Waals surface area contributed by atoms with E-state index >= 15 is 0 Å². The van der Waals surface area contributed by atoms with Crippen LogP contribution in [-0.2, 0) is 6.54 Å². The Morgan fingerprint density at radius 3 is 3.17 bits per heavy atom. The van der Waals surface area contributed by atoms with Gasteiger partial charge in [-0.3, -0.25) is 9.80 Å². The Morgan fingerprint density at radius 2 is 2.28 bits per heavy atom. The van der Waals surface area contributed by atoms with Crippen molar-refractivity contribution >= 4 is 16.5 Å². The lowest BCUT2D eigenvalue weighted by Crippen LogP contribution is -2.49. The van der Waals surface area contributed by atoms with E-state index in [4.69, 9.17) is 0 Å². The number of piperazine rings is 1. The first-order valence-corrected chi connectivity index (χ1v) is 7.69. The zero-order valence-electron chi connectivity index (χ0n) is 10.9. The van der Waals surface area contributed by atoms with Crippen LogP contribution in [0, 0.1) is 0 Å². The van der Waals surface area contributed by atoms with Gasteiger partial charge >= 0.3 is 0 Å². The molecule has 1 aromatic heterocycles. The maximum atomic E-state index is 4.27. The third-order valence-electron chi connectivity index (χ3n) is 3.83. The molecule has 0 amide bonds. The standard InChI is InChI=1S/C12H21N5S/c1-2-13-12-15-14-11(18-12)9-16-6-7-17-5-3-4-10(17)8-16/h10H,2-9H2,1H3,(H,13,15). The Morgan fingerprint density at radius 1 is 1.33 bits per heavy atom. The number of aromatic nitrogens is 2. The minimum Gasteiger partial charge on any atom is -0.360 e. The van der Waals surface area contributed by atoms with Crippen molar-refractivity contribution in [1.29, 1.82) is 0 Å². The highest BCUT2D eigenvalue weighted by atomic mass is 32.1. The van der Waals surface area contributed by atoms with Gasteiger partial charge in [-0.1, -0.05) is 11.3 Å². The second-order valence-corrected chi connectivity index (χ2v) is 6.16. The molecule has 1 atom stereocenters. The summed E-state index contributed by atoms with van der Waals surface area (Å²) in [6.07, 6.45) is 2.75. The van der Waals surface area contributed by atoms with Crippen LogP contribution in [0.1, 0.15) is 24.8 Å². The Labute approximate surface area is 112 Å². The summed E-state index contributed by atoms with van der Waals surface area (Å²) in [4.78, 5) is 5.17. The summed E-state index contributed by atoms with van der Waals surface area (Å²) in [7, 11) is 0. The van der Waals surface area contributed by atoms with Crippen molar-refractivity contribution in [2.45, 2.75) is 32.4 Å². The highest BCUT2D eigenvalue weighted by Crippen LogP contribution is 2.23. The van der Waals surface area contributed by atoms with Crippen LogP contribution in [-0.4, -0.2) is 58.8 Å². The number of fused-ring (bicyclic) bond motifs is 1. The molecule has 0 saturated carbocycles. The maximum Gasteiger partial charge on any atom is 0.205 e. The van der Waals surface area contributed by atoms with Gasteiger partial charge in [-0.25, -0.2) is 0 Å². The molecule has 3 rings (SSSR count). The summed E-state index contributed by atoms with van der Waals surface area (Å²) in [6.45, 7) is 8.87. The van der Waals surface area contributed by atoms with E-state index in [2.05, 4.69) is 32.2 Å². The summed E-state index contributed by atoms with van der Waals surface area (Å²) < 4.78 is 0. The number of nitrogens with zero attached hydrogens (tertiary/aromatic N) is 4. The molecule has 1 unspecified atom stereocenters. The number of rotatable bonds is 4. The molecule has 0 aliphatic carbocycles. The van der Waals surface area contributed by atoms with Crippen molar-refractivity contribution in [2.24, 2.45) is 0 Å². The van der Waals surface area contributed by atoms with E-state index in [1.807, 2.05) is 0 Å². The fourth-order valence-corrected chi connectivity index (χ4v) is 3.78. The first-order valence-electron chi connectivity index (χ1n) is 6.88. The van der Waals surface area contributed by atoms with Crippen LogP contribution < -0.4 is 5.32 Å². The second kappa shape index (κ2) is 5.50. The van der Waals surface area contributed by atoms with Gasteiger partial charge in [-0.2, -0.15) is 0 Å². The Bertz CT molecular complexity index is 394. The number of nitrogens with one attached hydrogen (secondary N) is 1. The molecule has 0 bridgehead atoms. The maximum absolute atomic E-state index is 4.27. The first-order chi connectivity index (χ1) is 8.85. The fraction of sp³-hybridized carbons (Fsp3) is 0.833. The molecule has 100 valence electrons. The lowest BCUT2D eigenvalue weighted by atomic mass is 10.1. The summed E-state index contributed by atoms with van der Waals surface area (Å²) in [5.41, 5.74) is 0. The molecular formula is C12H21N5S. The monoisotopic (exact) mass is 267 g/mol. The van der Waals surface area contributed by atoms with Crippen LogP contribution >= 0.6 is 11.3 Å². The van der Waals surface area contributed by atoms with Crippen LogP contribution in [0.5, 0.6) is 0 Å². The molecule has 6 heteroatoms. The number of hydrogen-bond acceptors (Lipinski definition) is 6. The normalized spacial score (nSPS) is 25.3. The van der Waals surface area contributed by atoms with Gasteiger partial charge in [0.25, 0.3) is 0 Å². The van der Waals surface area contributed by atoms with Crippen molar-refractivity contribution in [3.05, 3.63) is 5.01 Å². The van der Waals surface area contributed by atoms with E-state index in [0.717, 1.165) is 29.3 Å². The molecule has 2 aliphatic rings. The molecule has 18 heavy (non-hydrogen) atoms. The zero-order chi connectivity index (χ0) is 12.4. The molecule has 0 spiro atoms. The molecule has 2 aliphatic heterocycles. The van der Waals surface area contributed by atoms with E-state index in [1.54, 1.807) is 11.3 Å². The summed E-state index contributed by atoms with van der Waals surface area (Å²) in [6, 6.07) is 0.792. The van der Waals surface area contributed by atoms with Crippen LogP contribution in [0.2, 0.25) is 0 Å². The minimum atomic E-state index is 0.792. The molecule has 2 saturated heterocycles. The lowest BCUT2D eigenvalue weighted by molar-refractivity contribution is 0.0991. The van der Waals surface area contributed by atoms with Crippen molar-refractivity contribution in [3.63, 3.8) is 0 Å². The Kier molecular flexibility index (Phi) is 3.77.